The molecule has 0 aliphatic heterocycles. The van der Waals surface area contributed by atoms with Gasteiger partial charge in [0.25, 0.3) is 0 Å². The molecule has 0 amide bonds. The number of rotatable bonds is 12. The first-order valence-corrected chi connectivity index (χ1v) is 11.1. The third kappa shape index (κ3) is 14.0. The molecule has 0 radical (unpaired) electrons. The molecule has 0 aromatic heterocycles. The molecule has 0 saturated carbocycles. The summed E-state index contributed by atoms with van der Waals surface area (Å²) in [5.41, 5.74) is 0.352. The van der Waals surface area contributed by atoms with Crippen molar-refractivity contribution in [3.05, 3.63) is 36.4 Å². The third-order valence-electron chi connectivity index (χ3n) is 3.72. The van der Waals surface area contributed by atoms with Crippen molar-refractivity contribution in [3.63, 3.8) is 0 Å². The Morgan fingerprint density at radius 3 is 1.40 bits per heavy atom. The van der Waals surface area contributed by atoms with E-state index in [1.165, 1.54) is 0 Å². The van der Waals surface area contributed by atoms with Gasteiger partial charge in [-0.1, -0.05) is 36.9 Å². The number of aliphatic hydroxyl groups is 4. The van der Waals surface area contributed by atoms with E-state index in [-0.39, 0.29) is 0 Å². The molecule has 6 N–H and O–H groups in total. The lowest BCUT2D eigenvalue weighted by molar-refractivity contribution is -0.0328. The number of hydrogen-bond acceptors (Lipinski definition) is 9. The maximum Gasteiger partial charge on any atom is 0.488 e. The lowest BCUT2D eigenvalue weighted by Gasteiger charge is -2.23. The van der Waals surface area contributed by atoms with Crippen molar-refractivity contribution in [2.24, 2.45) is 5.41 Å². The van der Waals surface area contributed by atoms with E-state index in [0.29, 0.717) is 25.3 Å². The van der Waals surface area contributed by atoms with Gasteiger partial charge in [-0.2, -0.15) is 0 Å². The van der Waals surface area contributed by atoms with Gasteiger partial charge in [-0.05, 0) is 31.8 Å². The molecule has 11 heteroatoms. The van der Waals surface area contributed by atoms with Crippen LogP contribution in [-0.2, 0) is 13.3 Å². The molecular formula is C19H37BO9Si. The molecule has 1 aromatic rings. The van der Waals surface area contributed by atoms with Crippen LogP contribution < -0.4 is 5.46 Å². The Morgan fingerprint density at radius 1 is 0.833 bits per heavy atom. The predicted molar refractivity (Wildman–Crippen MR) is 119 cm³/mol. The van der Waals surface area contributed by atoms with Crippen LogP contribution in [0.2, 0.25) is 0 Å². The van der Waals surface area contributed by atoms with Crippen LogP contribution in [0.1, 0.15) is 26.3 Å². The summed E-state index contributed by atoms with van der Waals surface area (Å²) in [6.07, 6.45) is 1.70. The van der Waals surface area contributed by atoms with Crippen molar-refractivity contribution in [3.8, 4) is 0 Å². The second-order valence-corrected chi connectivity index (χ2v) is 7.61. The fraction of sp³-hybridized carbons (Fsp3) is 0.579. The van der Waals surface area contributed by atoms with Crippen LogP contribution in [0, 0.1) is 5.41 Å². The van der Waals surface area contributed by atoms with Crippen LogP contribution in [0.3, 0.4) is 0 Å². The van der Waals surface area contributed by atoms with Crippen LogP contribution in [0.4, 0.5) is 0 Å². The second-order valence-electron chi connectivity index (χ2n) is 6.03. The van der Waals surface area contributed by atoms with Crippen molar-refractivity contribution in [2.45, 2.75) is 20.8 Å². The van der Waals surface area contributed by atoms with Crippen molar-refractivity contribution >= 4 is 28.2 Å². The second kappa shape index (κ2) is 19.8. The minimum atomic E-state index is -1.73. The van der Waals surface area contributed by atoms with Crippen LogP contribution in [-0.4, -0.2) is 93.4 Å². The summed E-state index contributed by atoms with van der Waals surface area (Å²) < 4.78 is 15.7. The van der Waals surface area contributed by atoms with E-state index in [9.17, 15) is 0 Å². The highest BCUT2D eigenvalue weighted by Crippen LogP contribution is 2.11. The molecule has 0 aliphatic rings. The summed E-state index contributed by atoms with van der Waals surface area (Å²) in [4.78, 5) is 0. The summed E-state index contributed by atoms with van der Waals surface area (Å²) in [7, 11) is -3.11. The molecule has 0 heterocycles. The topological polar surface area (TPSA) is 149 Å². The molecule has 0 atom stereocenters. The molecule has 0 aliphatic carbocycles. The molecule has 9 nitrogen and oxygen atoms in total. The zero-order valence-electron chi connectivity index (χ0n) is 18.1. The van der Waals surface area contributed by atoms with Crippen LogP contribution in [0.5, 0.6) is 0 Å². The summed E-state index contributed by atoms with van der Waals surface area (Å²) in [6, 6.07) is 6.87. The quantitative estimate of drug-likeness (QED) is 0.216. The van der Waals surface area contributed by atoms with E-state index >= 15 is 0 Å². The monoisotopic (exact) mass is 448 g/mol. The molecule has 1 aromatic carbocycles. The van der Waals surface area contributed by atoms with Gasteiger partial charge in [-0.3, -0.25) is 0 Å². The largest absolute Gasteiger partial charge is 0.488 e. The Balaban J connectivity index is 0. The SMILES string of the molecule is C=Cc1ccc(B(O)O)cc1.CCO[SiH](OCC)OCC.OCC(CO)(CO)CO. The highest BCUT2D eigenvalue weighted by molar-refractivity contribution is 6.58. The Hall–Kier alpha value is -1.12. The van der Waals surface area contributed by atoms with E-state index in [4.69, 9.17) is 43.8 Å². The van der Waals surface area contributed by atoms with Gasteiger partial charge in [-0.15, -0.1) is 0 Å². The van der Waals surface area contributed by atoms with Gasteiger partial charge < -0.3 is 43.8 Å². The summed E-state index contributed by atoms with van der Waals surface area (Å²) in [5, 5.41) is 51.4. The maximum atomic E-state index is 8.72. The van der Waals surface area contributed by atoms with Gasteiger partial charge in [0.05, 0.1) is 31.8 Å². The predicted octanol–water partition coefficient (Wildman–Crippen LogP) is -1.24. The van der Waals surface area contributed by atoms with Crippen molar-refractivity contribution < 1.29 is 43.8 Å². The molecule has 0 unspecified atom stereocenters. The molecule has 0 fully saturated rings. The Morgan fingerprint density at radius 2 is 1.20 bits per heavy atom. The van der Waals surface area contributed by atoms with Gasteiger partial charge in [0, 0.05) is 19.8 Å². The average molecular weight is 448 g/mol. The van der Waals surface area contributed by atoms with E-state index in [1.807, 2.05) is 20.8 Å². The molecule has 0 bridgehead atoms. The highest BCUT2D eigenvalue weighted by atomic mass is 28.3. The molecule has 1 rings (SSSR count). The lowest BCUT2D eigenvalue weighted by Crippen LogP contribution is -2.37. The summed E-state index contributed by atoms with van der Waals surface area (Å²) in [6.45, 7) is 9.82. The maximum absolute atomic E-state index is 8.72. The zero-order chi connectivity index (χ0) is 23.4. The molecule has 0 saturated heterocycles. The molecule has 174 valence electrons. The number of aliphatic hydroxyl groups excluding tert-OH is 4. The minimum Gasteiger partial charge on any atom is -0.423 e. The first-order valence-electron chi connectivity index (χ1n) is 9.70. The number of hydrogen-bond donors (Lipinski definition) is 6. The van der Waals surface area contributed by atoms with Crippen LogP contribution >= 0.6 is 0 Å². The first kappa shape index (κ1) is 31.1. The lowest BCUT2D eigenvalue weighted by atomic mass is 9.80. The first-order chi connectivity index (χ1) is 14.3. The van der Waals surface area contributed by atoms with Crippen LogP contribution in [0.25, 0.3) is 6.08 Å². The van der Waals surface area contributed by atoms with E-state index in [2.05, 4.69) is 6.58 Å². The van der Waals surface area contributed by atoms with E-state index in [0.717, 1.165) is 5.56 Å². The third-order valence-corrected chi connectivity index (χ3v) is 5.54. The molecular weight excluding hydrogens is 411 g/mol. The van der Waals surface area contributed by atoms with Gasteiger partial charge >= 0.3 is 16.6 Å². The minimum absolute atomic E-state index is 0.406. The van der Waals surface area contributed by atoms with Crippen molar-refractivity contribution in [2.75, 3.05) is 46.2 Å². The molecule has 30 heavy (non-hydrogen) atoms. The Kier molecular flexibility index (Phi) is 20.5. The van der Waals surface area contributed by atoms with E-state index in [1.54, 1.807) is 30.3 Å². The van der Waals surface area contributed by atoms with E-state index < -0.39 is 48.5 Å². The van der Waals surface area contributed by atoms with Gasteiger partial charge in [0.1, 0.15) is 0 Å². The summed E-state index contributed by atoms with van der Waals surface area (Å²) in [5.74, 6) is 0. The van der Waals surface area contributed by atoms with Crippen LogP contribution in [0.15, 0.2) is 30.8 Å². The number of benzene rings is 1. The standard InChI is InChI=1S/C8H9BO2.C6H16O3Si.C5H12O4/c1-2-7-3-5-8(6-4-7)9(10)11;1-4-7-10(8-5-2)9-6-3;6-1-5(2-7,3-8)4-9/h2-6,10-11H,1H2;10H,4-6H2,1-3H3;6-9H,1-4H2. The van der Waals surface area contributed by atoms with Gasteiger partial charge in [0.2, 0.25) is 0 Å². The average Bonchev–Trinajstić information content (AvgIpc) is 2.77. The fourth-order valence-electron chi connectivity index (χ4n) is 1.66. The highest BCUT2D eigenvalue weighted by Gasteiger charge is 2.26. The zero-order valence-corrected chi connectivity index (χ0v) is 19.3. The van der Waals surface area contributed by atoms with Crippen molar-refractivity contribution in [1.29, 1.82) is 0 Å². The Labute approximate surface area is 181 Å². The summed E-state index contributed by atoms with van der Waals surface area (Å²) >= 11 is 0. The normalized spacial score (nSPS) is 10.6. The fourth-order valence-corrected chi connectivity index (χ4v) is 2.76. The smallest absolute Gasteiger partial charge is 0.423 e. The van der Waals surface area contributed by atoms with Gasteiger partial charge in [0.15, 0.2) is 0 Å². The van der Waals surface area contributed by atoms with Crippen molar-refractivity contribution in [1.82, 2.24) is 0 Å². The Bertz CT molecular complexity index is 481. The van der Waals surface area contributed by atoms with Gasteiger partial charge in [-0.25, -0.2) is 0 Å². The molecule has 0 spiro atoms.